The third-order valence-corrected chi connectivity index (χ3v) is 5.24. The van der Waals surface area contributed by atoms with E-state index in [4.69, 9.17) is 15.4 Å². The Bertz CT molecular complexity index is 595. The van der Waals surface area contributed by atoms with E-state index < -0.39 is 9.05 Å². The van der Waals surface area contributed by atoms with Gasteiger partial charge < -0.3 is 9.64 Å². The van der Waals surface area contributed by atoms with Crippen LogP contribution in [-0.2, 0) is 9.05 Å². The maximum atomic E-state index is 11.6. The first kappa shape index (κ1) is 18.3. The molecule has 0 aliphatic heterocycles. The molecular formula is C15H24ClNO3S. The lowest BCUT2D eigenvalue weighted by Crippen LogP contribution is -2.28. The summed E-state index contributed by atoms with van der Waals surface area (Å²) in [5, 5.41) is 0. The van der Waals surface area contributed by atoms with Crippen molar-refractivity contribution in [1.82, 2.24) is 4.90 Å². The molecule has 1 rings (SSSR count). The summed E-state index contributed by atoms with van der Waals surface area (Å²) < 4.78 is 29.0. The van der Waals surface area contributed by atoms with Gasteiger partial charge in [-0.05, 0) is 56.6 Å². The van der Waals surface area contributed by atoms with Gasteiger partial charge in [0.15, 0.2) is 0 Å². The summed E-state index contributed by atoms with van der Waals surface area (Å²) in [5.41, 5.74) is 2.26. The fourth-order valence-electron chi connectivity index (χ4n) is 2.31. The Labute approximate surface area is 132 Å². The van der Waals surface area contributed by atoms with Gasteiger partial charge in [0.1, 0.15) is 12.4 Å². The zero-order valence-electron chi connectivity index (χ0n) is 13.4. The van der Waals surface area contributed by atoms with E-state index in [1.54, 1.807) is 13.0 Å². The Balaban J connectivity index is 2.98. The molecule has 0 amide bonds. The summed E-state index contributed by atoms with van der Waals surface area (Å²) in [6.07, 6.45) is 0. The normalized spacial score (nSPS) is 12.0. The fraction of sp³-hybridized carbons (Fsp3) is 0.600. The van der Waals surface area contributed by atoms with Crippen LogP contribution < -0.4 is 4.74 Å². The standard InChI is InChI=1S/C15H24ClNO3S/c1-6-17(7-2)8-9-20-15-11(3)10-14(21(16,18)19)12(4)13(15)5/h10H,6-9H2,1-5H3. The van der Waals surface area contributed by atoms with Crippen LogP contribution >= 0.6 is 10.7 Å². The van der Waals surface area contributed by atoms with Crippen molar-refractivity contribution in [2.24, 2.45) is 0 Å². The molecule has 21 heavy (non-hydrogen) atoms. The first-order valence-corrected chi connectivity index (χ1v) is 9.43. The molecule has 1 aromatic rings. The van der Waals surface area contributed by atoms with Gasteiger partial charge in [0, 0.05) is 17.2 Å². The van der Waals surface area contributed by atoms with Gasteiger partial charge in [-0.15, -0.1) is 0 Å². The van der Waals surface area contributed by atoms with Crippen LogP contribution in [0.1, 0.15) is 30.5 Å². The number of rotatable bonds is 7. The highest BCUT2D eigenvalue weighted by Gasteiger charge is 2.19. The number of ether oxygens (including phenoxy) is 1. The Kier molecular flexibility index (Phi) is 6.50. The maximum absolute atomic E-state index is 11.6. The summed E-state index contributed by atoms with van der Waals surface area (Å²) in [4.78, 5) is 2.44. The van der Waals surface area contributed by atoms with Crippen molar-refractivity contribution in [3.8, 4) is 5.75 Å². The molecular weight excluding hydrogens is 310 g/mol. The van der Waals surface area contributed by atoms with E-state index in [9.17, 15) is 8.42 Å². The first-order valence-electron chi connectivity index (χ1n) is 7.12. The zero-order chi connectivity index (χ0) is 16.2. The van der Waals surface area contributed by atoms with Gasteiger partial charge in [-0.2, -0.15) is 0 Å². The van der Waals surface area contributed by atoms with Gasteiger partial charge >= 0.3 is 0 Å². The smallest absolute Gasteiger partial charge is 0.261 e. The van der Waals surface area contributed by atoms with Crippen molar-refractivity contribution in [2.75, 3.05) is 26.2 Å². The van der Waals surface area contributed by atoms with Crippen LogP contribution in [0.4, 0.5) is 0 Å². The van der Waals surface area contributed by atoms with Gasteiger partial charge in [-0.1, -0.05) is 13.8 Å². The molecule has 4 nitrogen and oxygen atoms in total. The third-order valence-electron chi connectivity index (χ3n) is 3.79. The minimum absolute atomic E-state index is 0.162. The number of nitrogens with zero attached hydrogens (tertiary/aromatic N) is 1. The average molecular weight is 334 g/mol. The lowest BCUT2D eigenvalue weighted by atomic mass is 10.1. The second-order valence-electron chi connectivity index (χ2n) is 5.08. The molecule has 1 aromatic carbocycles. The molecule has 0 N–H and O–H groups in total. The predicted molar refractivity (Wildman–Crippen MR) is 87.0 cm³/mol. The van der Waals surface area contributed by atoms with Crippen LogP contribution in [0.3, 0.4) is 0 Å². The highest BCUT2D eigenvalue weighted by atomic mass is 35.7. The summed E-state index contributed by atoms with van der Waals surface area (Å²) >= 11 is 0. The van der Waals surface area contributed by atoms with Crippen LogP contribution in [0.2, 0.25) is 0 Å². The summed E-state index contributed by atoms with van der Waals surface area (Å²) in [6, 6.07) is 1.58. The van der Waals surface area contributed by atoms with E-state index in [0.717, 1.165) is 36.5 Å². The third kappa shape index (κ3) is 4.59. The number of hydrogen-bond donors (Lipinski definition) is 0. The van der Waals surface area contributed by atoms with Crippen LogP contribution in [0.15, 0.2) is 11.0 Å². The molecule has 0 aromatic heterocycles. The van der Waals surface area contributed by atoms with E-state index in [2.05, 4.69) is 18.7 Å². The van der Waals surface area contributed by atoms with Crippen LogP contribution in [0.25, 0.3) is 0 Å². The van der Waals surface area contributed by atoms with Crippen molar-refractivity contribution in [2.45, 2.75) is 39.5 Å². The largest absolute Gasteiger partial charge is 0.492 e. The Morgan fingerprint density at radius 3 is 2.19 bits per heavy atom. The summed E-state index contributed by atoms with van der Waals surface area (Å²) in [6.45, 7) is 13.1. The van der Waals surface area contributed by atoms with Crippen LogP contribution in [-0.4, -0.2) is 39.6 Å². The molecule has 0 atom stereocenters. The second kappa shape index (κ2) is 7.47. The van der Waals surface area contributed by atoms with E-state index in [1.165, 1.54) is 0 Å². The minimum atomic E-state index is -3.73. The minimum Gasteiger partial charge on any atom is -0.492 e. The van der Waals surface area contributed by atoms with Crippen LogP contribution in [0.5, 0.6) is 5.75 Å². The molecule has 0 aliphatic rings. The Morgan fingerprint density at radius 1 is 1.14 bits per heavy atom. The molecule has 6 heteroatoms. The molecule has 0 bridgehead atoms. The van der Waals surface area contributed by atoms with Gasteiger partial charge in [0.2, 0.25) is 0 Å². The average Bonchev–Trinajstić information content (AvgIpc) is 2.41. The molecule has 0 saturated heterocycles. The quantitative estimate of drug-likeness (QED) is 0.718. The maximum Gasteiger partial charge on any atom is 0.261 e. The van der Waals surface area contributed by atoms with E-state index in [1.807, 2.05) is 13.8 Å². The molecule has 0 saturated carbocycles. The molecule has 0 unspecified atom stereocenters. The lowest BCUT2D eigenvalue weighted by Gasteiger charge is -2.20. The SMILES string of the molecule is CCN(CC)CCOc1c(C)cc(S(=O)(=O)Cl)c(C)c1C. The van der Waals surface area contributed by atoms with Crippen LogP contribution in [0, 0.1) is 20.8 Å². The van der Waals surface area contributed by atoms with Gasteiger partial charge in [0.25, 0.3) is 9.05 Å². The van der Waals surface area contributed by atoms with Crippen molar-refractivity contribution >= 4 is 19.7 Å². The van der Waals surface area contributed by atoms with E-state index in [-0.39, 0.29) is 4.90 Å². The summed E-state index contributed by atoms with van der Waals surface area (Å²) in [5.74, 6) is 0.753. The van der Waals surface area contributed by atoms with Gasteiger partial charge in [-0.3, -0.25) is 0 Å². The molecule has 0 aliphatic carbocycles. The number of aryl methyl sites for hydroxylation is 1. The van der Waals surface area contributed by atoms with Gasteiger partial charge in [0.05, 0.1) is 4.90 Å². The lowest BCUT2D eigenvalue weighted by molar-refractivity contribution is 0.221. The fourth-order valence-corrected chi connectivity index (χ4v) is 3.63. The molecule has 0 heterocycles. The molecule has 0 spiro atoms. The zero-order valence-corrected chi connectivity index (χ0v) is 14.9. The number of benzene rings is 1. The highest BCUT2D eigenvalue weighted by molar-refractivity contribution is 8.13. The van der Waals surface area contributed by atoms with Crippen molar-refractivity contribution < 1.29 is 13.2 Å². The van der Waals surface area contributed by atoms with Crippen molar-refractivity contribution in [1.29, 1.82) is 0 Å². The van der Waals surface area contributed by atoms with Crippen molar-refractivity contribution in [3.63, 3.8) is 0 Å². The van der Waals surface area contributed by atoms with Gasteiger partial charge in [-0.25, -0.2) is 8.42 Å². The number of halogens is 1. The molecule has 0 fully saturated rings. The monoisotopic (exact) mass is 333 g/mol. The molecule has 0 radical (unpaired) electrons. The summed E-state index contributed by atoms with van der Waals surface area (Å²) in [7, 11) is 1.74. The predicted octanol–water partition coefficient (Wildman–Crippen LogP) is 3.26. The number of likely N-dealkylation sites (N-methyl/N-ethyl adjacent to an activating group) is 1. The van der Waals surface area contributed by atoms with E-state index in [0.29, 0.717) is 12.2 Å². The Morgan fingerprint density at radius 2 is 1.71 bits per heavy atom. The second-order valence-corrected chi connectivity index (χ2v) is 7.62. The topological polar surface area (TPSA) is 46.6 Å². The molecule has 120 valence electrons. The van der Waals surface area contributed by atoms with E-state index >= 15 is 0 Å². The Hall–Kier alpha value is -0.780. The first-order chi connectivity index (χ1) is 9.72. The van der Waals surface area contributed by atoms with Crippen molar-refractivity contribution in [3.05, 3.63) is 22.8 Å². The highest BCUT2D eigenvalue weighted by Crippen LogP contribution is 2.32. The number of hydrogen-bond acceptors (Lipinski definition) is 4.